The fraction of sp³-hybridized carbons (Fsp3) is 0.500. The van der Waals surface area contributed by atoms with Crippen LogP contribution < -0.4 is 15.8 Å². The van der Waals surface area contributed by atoms with E-state index in [1.165, 1.54) is 6.07 Å². The minimum atomic E-state index is -1.00. The molecule has 0 bridgehead atoms. The number of nitro groups is 1. The second-order valence-electron chi connectivity index (χ2n) is 5.40. The van der Waals surface area contributed by atoms with E-state index in [1.54, 1.807) is 0 Å². The quantitative estimate of drug-likeness (QED) is 0.611. The Hall–Kier alpha value is -2.22. The van der Waals surface area contributed by atoms with Crippen LogP contribution in [0.5, 0.6) is 5.75 Å². The lowest BCUT2D eigenvalue weighted by molar-refractivity contribution is -0.387. The summed E-state index contributed by atoms with van der Waals surface area (Å²) in [5.41, 5.74) is 4.71. The summed E-state index contributed by atoms with van der Waals surface area (Å²) in [5, 5.41) is 13.4. The van der Waals surface area contributed by atoms with Crippen molar-refractivity contribution in [3.8, 4) is 5.75 Å². The molecule has 0 aliphatic heterocycles. The number of hydrogen-bond acceptors (Lipinski definition) is 5. The summed E-state index contributed by atoms with van der Waals surface area (Å²) >= 11 is 0. The number of amides is 1. The van der Waals surface area contributed by atoms with Crippen LogP contribution in [0.15, 0.2) is 18.2 Å². The van der Waals surface area contributed by atoms with Crippen LogP contribution in [0.3, 0.4) is 0 Å². The summed E-state index contributed by atoms with van der Waals surface area (Å²) in [5.74, 6) is -1.28. The number of rotatable bonds is 6. The fourth-order valence-corrected chi connectivity index (χ4v) is 2.64. The van der Waals surface area contributed by atoms with E-state index in [2.05, 4.69) is 5.32 Å². The van der Waals surface area contributed by atoms with Gasteiger partial charge in [-0.25, -0.2) is 0 Å². The monoisotopic (exact) mass is 311 g/mol. The maximum absolute atomic E-state index is 13.4. The molecule has 0 radical (unpaired) electrons. The van der Waals surface area contributed by atoms with Crippen LogP contribution >= 0.6 is 0 Å². The summed E-state index contributed by atoms with van der Waals surface area (Å²) in [6, 6.07) is 3.14. The molecule has 0 atom stereocenters. The number of ether oxygens (including phenoxy) is 1. The van der Waals surface area contributed by atoms with Gasteiger partial charge in [0.25, 0.3) is 5.91 Å². The molecule has 0 unspecified atom stereocenters. The van der Waals surface area contributed by atoms with Gasteiger partial charge >= 0.3 is 5.69 Å². The normalized spacial score (nSPS) is 16.3. The van der Waals surface area contributed by atoms with E-state index in [4.69, 9.17) is 10.5 Å². The van der Waals surface area contributed by atoms with Crippen molar-refractivity contribution in [3.05, 3.63) is 34.1 Å². The van der Waals surface area contributed by atoms with Crippen LogP contribution in [0.2, 0.25) is 0 Å². The van der Waals surface area contributed by atoms with Crippen molar-refractivity contribution in [2.45, 2.75) is 31.2 Å². The number of nitrogens with two attached hydrogens (primary N) is 1. The maximum atomic E-state index is 13.4. The molecule has 1 aliphatic carbocycles. The molecule has 1 amide bonds. The fourth-order valence-electron chi connectivity index (χ4n) is 2.64. The van der Waals surface area contributed by atoms with Gasteiger partial charge in [0.1, 0.15) is 5.75 Å². The lowest BCUT2D eigenvalue weighted by Crippen LogP contribution is -2.52. The van der Waals surface area contributed by atoms with Gasteiger partial charge < -0.3 is 15.8 Å². The van der Waals surface area contributed by atoms with Gasteiger partial charge in [0, 0.05) is 18.7 Å². The Morgan fingerprint density at radius 3 is 2.68 bits per heavy atom. The van der Waals surface area contributed by atoms with E-state index in [1.807, 2.05) is 0 Å². The zero-order chi connectivity index (χ0) is 16.2. The summed E-state index contributed by atoms with van der Waals surface area (Å²) in [6.07, 6.45) is 3.71. The molecule has 7 nitrogen and oxygen atoms in total. The van der Waals surface area contributed by atoms with Crippen molar-refractivity contribution in [1.29, 1.82) is 0 Å². The molecule has 1 aromatic carbocycles. The van der Waals surface area contributed by atoms with Gasteiger partial charge in [0.05, 0.1) is 10.5 Å². The minimum absolute atomic E-state index is 0.0615. The number of carbonyl (C=O) groups excluding carboxylic acids is 1. The first-order valence-electron chi connectivity index (χ1n) is 7.04. The van der Waals surface area contributed by atoms with Crippen molar-refractivity contribution in [2.24, 2.45) is 5.73 Å². The Kier molecular flexibility index (Phi) is 4.92. The number of nitrogens with zero attached hydrogens (tertiary/aromatic N) is 1. The first-order chi connectivity index (χ1) is 10.5. The van der Waals surface area contributed by atoms with Gasteiger partial charge in [-0.3, -0.25) is 14.9 Å². The van der Waals surface area contributed by atoms with Gasteiger partial charge in [0.2, 0.25) is 5.82 Å². The van der Waals surface area contributed by atoms with Crippen LogP contribution in [-0.2, 0) is 4.79 Å². The van der Waals surface area contributed by atoms with Crippen LogP contribution in [-0.4, -0.2) is 29.5 Å². The molecule has 1 saturated carbocycles. The number of hydrogen-bond donors (Lipinski definition) is 2. The minimum Gasteiger partial charge on any atom is -0.484 e. The van der Waals surface area contributed by atoms with E-state index in [0.29, 0.717) is 6.54 Å². The predicted octanol–water partition coefficient (Wildman–Crippen LogP) is 1.50. The highest BCUT2D eigenvalue weighted by Gasteiger charge is 2.33. The summed E-state index contributed by atoms with van der Waals surface area (Å²) in [7, 11) is 0. The Bertz CT molecular complexity index is 573. The maximum Gasteiger partial charge on any atom is 0.305 e. The number of benzene rings is 1. The van der Waals surface area contributed by atoms with E-state index in [9.17, 15) is 19.3 Å². The van der Waals surface area contributed by atoms with Gasteiger partial charge in [-0.1, -0.05) is 12.8 Å². The molecular formula is C14H18FN3O4. The molecular weight excluding hydrogens is 293 g/mol. The van der Waals surface area contributed by atoms with Crippen molar-refractivity contribution < 1.29 is 18.8 Å². The Morgan fingerprint density at radius 2 is 2.14 bits per heavy atom. The van der Waals surface area contributed by atoms with Crippen molar-refractivity contribution in [2.75, 3.05) is 13.2 Å². The van der Waals surface area contributed by atoms with Crippen LogP contribution in [0, 0.1) is 15.9 Å². The third-order valence-corrected chi connectivity index (χ3v) is 3.84. The largest absolute Gasteiger partial charge is 0.484 e. The molecule has 0 aromatic heterocycles. The molecule has 1 aromatic rings. The Balaban J connectivity index is 1.91. The van der Waals surface area contributed by atoms with Crippen molar-refractivity contribution in [1.82, 2.24) is 5.32 Å². The highest BCUT2D eigenvalue weighted by Crippen LogP contribution is 2.28. The topological polar surface area (TPSA) is 107 Å². The van der Waals surface area contributed by atoms with E-state index < -0.39 is 16.4 Å². The third-order valence-electron chi connectivity index (χ3n) is 3.84. The second-order valence-corrected chi connectivity index (χ2v) is 5.40. The second kappa shape index (κ2) is 6.69. The highest BCUT2D eigenvalue weighted by molar-refractivity contribution is 5.78. The van der Waals surface area contributed by atoms with E-state index in [0.717, 1.165) is 37.8 Å². The lowest BCUT2D eigenvalue weighted by Gasteiger charge is -2.28. The number of halogens is 1. The standard InChI is InChI=1S/C14H18FN3O4/c15-11-7-10(3-4-12(11)18(20)21)22-8-13(19)17-14(9-16)5-1-2-6-14/h3-4,7H,1-2,5-6,8-9,16H2,(H,17,19). The van der Waals surface area contributed by atoms with Crippen molar-refractivity contribution >= 4 is 11.6 Å². The van der Waals surface area contributed by atoms with Gasteiger partial charge in [-0.2, -0.15) is 4.39 Å². The summed E-state index contributed by atoms with van der Waals surface area (Å²) < 4.78 is 18.6. The summed E-state index contributed by atoms with van der Waals surface area (Å²) in [6.45, 7) is 0.0733. The zero-order valence-corrected chi connectivity index (χ0v) is 12.0. The molecule has 22 heavy (non-hydrogen) atoms. The Labute approximate surface area is 126 Å². The van der Waals surface area contributed by atoms with E-state index in [-0.39, 0.29) is 23.8 Å². The van der Waals surface area contributed by atoms with Crippen LogP contribution in [0.25, 0.3) is 0 Å². The molecule has 8 heteroatoms. The zero-order valence-electron chi connectivity index (χ0n) is 12.0. The average molecular weight is 311 g/mol. The molecule has 0 spiro atoms. The molecule has 0 heterocycles. The third kappa shape index (κ3) is 3.70. The van der Waals surface area contributed by atoms with Crippen LogP contribution in [0.1, 0.15) is 25.7 Å². The average Bonchev–Trinajstić information content (AvgIpc) is 2.94. The van der Waals surface area contributed by atoms with Crippen molar-refractivity contribution in [3.63, 3.8) is 0 Å². The number of nitrogens with one attached hydrogen (secondary N) is 1. The number of nitro benzene ring substituents is 1. The first kappa shape index (κ1) is 16.2. The highest BCUT2D eigenvalue weighted by atomic mass is 19.1. The predicted molar refractivity (Wildman–Crippen MR) is 76.9 cm³/mol. The molecule has 2 rings (SSSR count). The molecule has 0 saturated heterocycles. The molecule has 1 fully saturated rings. The number of carbonyl (C=O) groups is 1. The van der Waals surface area contributed by atoms with Gasteiger partial charge in [-0.15, -0.1) is 0 Å². The molecule has 120 valence electrons. The SMILES string of the molecule is NCC1(NC(=O)COc2ccc([N+](=O)[O-])c(F)c2)CCCC1. The van der Waals surface area contributed by atoms with Gasteiger partial charge in [0.15, 0.2) is 6.61 Å². The molecule has 3 N–H and O–H groups in total. The van der Waals surface area contributed by atoms with E-state index >= 15 is 0 Å². The Morgan fingerprint density at radius 1 is 1.45 bits per heavy atom. The van der Waals surface area contributed by atoms with Crippen LogP contribution in [0.4, 0.5) is 10.1 Å². The van der Waals surface area contributed by atoms with Gasteiger partial charge in [-0.05, 0) is 18.9 Å². The summed E-state index contributed by atoms with van der Waals surface area (Å²) in [4.78, 5) is 21.6. The molecule has 1 aliphatic rings. The smallest absolute Gasteiger partial charge is 0.305 e. The lowest BCUT2D eigenvalue weighted by atomic mass is 9.98. The first-order valence-corrected chi connectivity index (χ1v) is 7.04.